The van der Waals surface area contributed by atoms with E-state index in [0.717, 1.165) is 11.8 Å². The van der Waals surface area contributed by atoms with Crippen LogP contribution in [0.5, 0.6) is 0 Å². The van der Waals surface area contributed by atoms with E-state index in [9.17, 15) is 35.9 Å². The average molecular weight is 416 g/mol. The molecule has 0 heterocycles. The fourth-order valence-corrected chi connectivity index (χ4v) is 2.84. The van der Waals surface area contributed by atoms with Gasteiger partial charge in [-0.05, 0) is 32.0 Å². The van der Waals surface area contributed by atoms with Gasteiger partial charge in [0.2, 0.25) is 11.8 Å². The number of hydrogen-bond donors (Lipinski definition) is 1. The van der Waals surface area contributed by atoms with Crippen LogP contribution in [0.1, 0.15) is 25.0 Å². The first-order chi connectivity index (χ1) is 12.4. The van der Waals surface area contributed by atoms with Gasteiger partial charge < -0.3 is 10.2 Å². The molecule has 0 aromatic heterocycles. The molecule has 1 N–H and O–H groups in total. The maximum atomic E-state index is 12.8. The number of amides is 2. The van der Waals surface area contributed by atoms with Crippen molar-refractivity contribution >= 4 is 29.3 Å². The van der Waals surface area contributed by atoms with Gasteiger partial charge in [-0.25, -0.2) is 0 Å². The van der Waals surface area contributed by atoms with E-state index >= 15 is 0 Å². The van der Waals surface area contributed by atoms with Crippen molar-refractivity contribution in [3.63, 3.8) is 0 Å². The summed E-state index contributed by atoms with van der Waals surface area (Å²) in [5.74, 6) is -1.33. The largest absolute Gasteiger partial charge is 0.416 e. The van der Waals surface area contributed by atoms with Gasteiger partial charge in [0.25, 0.3) is 0 Å². The number of thioether (sulfide) groups is 1. The molecule has 152 valence electrons. The maximum Gasteiger partial charge on any atom is 0.416 e. The minimum atomic E-state index is -4.99. The molecule has 0 aliphatic heterocycles. The molecule has 4 nitrogen and oxygen atoms in total. The van der Waals surface area contributed by atoms with Crippen molar-refractivity contribution in [1.82, 2.24) is 4.90 Å². The number of carbonyl (C=O) groups is 2. The Hall–Kier alpha value is -1.91. The summed E-state index contributed by atoms with van der Waals surface area (Å²) in [7, 11) is 0. The van der Waals surface area contributed by atoms with Crippen molar-refractivity contribution in [3.05, 3.63) is 29.3 Å². The summed E-state index contributed by atoms with van der Waals surface area (Å²) >= 11 is 0.920. The van der Waals surface area contributed by atoms with E-state index in [1.807, 2.05) is 5.32 Å². The van der Waals surface area contributed by atoms with E-state index in [4.69, 9.17) is 0 Å². The SMILES string of the molecule is CCN(CC)C(=O)CSCC(=O)Nc1cc(C(F)(F)F)cc(C(F)(F)F)c1. The number of carbonyl (C=O) groups excluding carboxylic acids is 2. The van der Waals surface area contributed by atoms with Gasteiger partial charge in [-0.3, -0.25) is 9.59 Å². The summed E-state index contributed by atoms with van der Waals surface area (Å²) in [5, 5.41) is 2.01. The fraction of sp³-hybridized carbons (Fsp3) is 0.500. The monoisotopic (exact) mass is 416 g/mol. The number of nitrogens with zero attached hydrogens (tertiary/aromatic N) is 1. The standard InChI is InChI=1S/C16H18F6N2O2S/c1-3-24(4-2)14(26)9-27-8-13(25)23-12-6-10(15(17,18)19)5-11(7-12)16(20,21)22/h5-7H,3-4,8-9H2,1-2H3,(H,23,25). The lowest BCUT2D eigenvalue weighted by molar-refractivity contribution is -0.143. The molecule has 0 spiro atoms. The van der Waals surface area contributed by atoms with E-state index in [2.05, 4.69) is 0 Å². The number of hydrogen-bond acceptors (Lipinski definition) is 3. The van der Waals surface area contributed by atoms with E-state index in [-0.39, 0.29) is 23.5 Å². The van der Waals surface area contributed by atoms with E-state index in [1.54, 1.807) is 13.8 Å². The Balaban J connectivity index is 2.80. The van der Waals surface area contributed by atoms with Crippen LogP contribution in [0.3, 0.4) is 0 Å². The van der Waals surface area contributed by atoms with Crippen LogP contribution in [-0.4, -0.2) is 41.3 Å². The van der Waals surface area contributed by atoms with Gasteiger partial charge in [-0.2, -0.15) is 26.3 Å². The van der Waals surface area contributed by atoms with Crippen molar-refractivity contribution in [1.29, 1.82) is 0 Å². The number of benzene rings is 1. The molecule has 0 aliphatic rings. The van der Waals surface area contributed by atoms with Crippen molar-refractivity contribution in [2.75, 3.05) is 29.9 Å². The Bertz CT molecular complexity index is 640. The lowest BCUT2D eigenvalue weighted by Crippen LogP contribution is -2.32. The van der Waals surface area contributed by atoms with Crippen molar-refractivity contribution in [2.24, 2.45) is 0 Å². The normalized spacial score (nSPS) is 12.0. The molecule has 0 bridgehead atoms. The highest BCUT2D eigenvalue weighted by molar-refractivity contribution is 8.00. The van der Waals surface area contributed by atoms with Crippen LogP contribution in [0.25, 0.3) is 0 Å². The molecule has 0 fully saturated rings. The van der Waals surface area contributed by atoms with E-state index < -0.39 is 35.1 Å². The third-order valence-corrected chi connectivity index (χ3v) is 4.36. The number of rotatable bonds is 7. The number of anilines is 1. The second kappa shape index (κ2) is 9.34. The zero-order chi connectivity index (χ0) is 20.8. The first-order valence-electron chi connectivity index (χ1n) is 7.83. The van der Waals surface area contributed by atoms with Crippen LogP contribution in [0.4, 0.5) is 32.0 Å². The summed E-state index contributed by atoms with van der Waals surface area (Å²) in [6.07, 6.45) is -9.99. The summed E-state index contributed by atoms with van der Waals surface area (Å²) in [6, 6.07) is 0.838. The summed E-state index contributed by atoms with van der Waals surface area (Å²) in [5.41, 5.74) is -3.65. The van der Waals surface area contributed by atoms with E-state index in [1.165, 1.54) is 4.90 Å². The van der Waals surface area contributed by atoms with E-state index in [0.29, 0.717) is 25.2 Å². The molecular weight excluding hydrogens is 398 g/mol. The molecule has 1 aromatic carbocycles. The molecule has 0 radical (unpaired) electrons. The predicted molar refractivity (Wildman–Crippen MR) is 90.3 cm³/mol. The zero-order valence-corrected chi connectivity index (χ0v) is 15.3. The lowest BCUT2D eigenvalue weighted by atomic mass is 10.1. The Labute approximate surface area is 156 Å². The fourth-order valence-electron chi connectivity index (χ4n) is 2.12. The Morgan fingerprint density at radius 1 is 0.926 bits per heavy atom. The van der Waals surface area contributed by atoms with Crippen LogP contribution in [0.15, 0.2) is 18.2 Å². The van der Waals surface area contributed by atoms with Gasteiger partial charge in [-0.1, -0.05) is 0 Å². The molecule has 0 atom stereocenters. The van der Waals surface area contributed by atoms with Gasteiger partial charge in [-0.15, -0.1) is 11.8 Å². The number of halogens is 6. The molecular formula is C16H18F6N2O2S. The van der Waals surface area contributed by atoms with Crippen molar-refractivity contribution in [2.45, 2.75) is 26.2 Å². The third kappa shape index (κ3) is 7.31. The summed E-state index contributed by atoms with van der Waals surface area (Å²) in [6.45, 7) is 4.55. The van der Waals surface area contributed by atoms with Crippen LogP contribution in [0.2, 0.25) is 0 Å². The molecule has 2 amide bonds. The van der Waals surface area contributed by atoms with Crippen LogP contribution in [0, 0.1) is 0 Å². The predicted octanol–water partition coefficient (Wildman–Crippen LogP) is 4.26. The van der Waals surface area contributed by atoms with Gasteiger partial charge in [0.15, 0.2) is 0 Å². The molecule has 0 unspecified atom stereocenters. The number of nitrogens with one attached hydrogen (secondary N) is 1. The highest BCUT2D eigenvalue weighted by atomic mass is 32.2. The Morgan fingerprint density at radius 2 is 1.41 bits per heavy atom. The Kier molecular flexibility index (Phi) is 8.00. The molecule has 0 saturated heterocycles. The first kappa shape index (κ1) is 23.1. The maximum absolute atomic E-state index is 12.8. The summed E-state index contributed by atoms with van der Waals surface area (Å²) in [4.78, 5) is 25.1. The quantitative estimate of drug-likeness (QED) is 0.676. The first-order valence-corrected chi connectivity index (χ1v) is 8.98. The van der Waals surface area contributed by atoms with Crippen molar-refractivity contribution in [3.8, 4) is 0 Å². The third-order valence-electron chi connectivity index (χ3n) is 3.45. The Morgan fingerprint density at radius 3 is 1.81 bits per heavy atom. The highest BCUT2D eigenvalue weighted by Gasteiger charge is 2.37. The zero-order valence-electron chi connectivity index (χ0n) is 14.5. The van der Waals surface area contributed by atoms with Crippen LogP contribution >= 0.6 is 11.8 Å². The topological polar surface area (TPSA) is 49.4 Å². The lowest BCUT2D eigenvalue weighted by Gasteiger charge is -2.18. The average Bonchev–Trinajstić information content (AvgIpc) is 2.54. The van der Waals surface area contributed by atoms with Gasteiger partial charge in [0.05, 0.1) is 22.6 Å². The molecule has 27 heavy (non-hydrogen) atoms. The second-order valence-corrected chi connectivity index (χ2v) is 6.39. The highest BCUT2D eigenvalue weighted by Crippen LogP contribution is 2.37. The van der Waals surface area contributed by atoms with Crippen LogP contribution < -0.4 is 5.32 Å². The smallest absolute Gasteiger partial charge is 0.343 e. The second-order valence-electron chi connectivity index (χ2n) is 5.40. The van der Waals surface area contributed by atoms with Crippen LogP contribution in [-0.2, 0) is 21.9 Å². The molecule has 0 aliphatic carbocycles. The van der Waals surface area contributed by atoms with Gasteiger partial charge in [0, 0.05) is 18.8 Å². The van der Waals surface area contributed by atoms with Gasteiger partial charge in [0.1, 0.15) is 0 Å². The molecule has 1 rings (SSSR count). The summed E-state index contributed by atoms with van der Waals surface area (Å²) < 4.78 is 76.7. The molecule has 1 aromatic rings. The number of alkyl halides is 6. The minimum Gasteiger partial charge on any atom is -0.343 e. The molecule has 11 heteroatoms. The minimum absolute atomic E-state index is 0.0207. The van der Waals surface area contributed by atoms with Gasteiger partial charge >= 0.3 is 12.4 Å². The molecule has 0 saturated carbocycles. The van der Waals surface area contributed by atoms with Crippen molar-refractivity contribution < 1.29 is 35.9 Å².